The first-order chi connectivity index (χ1) is 14.2. The molecule has 2 aliphatic rings. The monoisotopic (exact) mass is 415 g/mol. The van der Waals surface area contributed by atoms with E-state index in [0.717, 1.165) is 12.5 Å². The van der Waals surface area contributed by atoms with Crippen LogP contribution in [0.5, 0.6) is 0 Å². The van der Waals surface area contributed by atoms with Crippen molar-refractivity contribution in [3.8, 4) is 11.1 Å². The van der Waals surface area contributed by atoms with Crippen LogP contribution in [0.3, 0.4) is 0 Å². The fourth-order valence-corrected chi connectivity index (χ4v) is 4.27. The molecule has 1 aromatic carbocycles. The molecular formula is C22H23F2N3O3. The number of pyridine rings is 1. The summed E-state index contributed by atoms with van der Waals surface area (Å²) in [7, 11) is 0. The lowest BCUT2D eigenvalue weighted by atomic mass is 9.82. The number of nitrogens with one attached hydrogen (secondary N) is 1. The van der Waals surface area contributed by atoms with Gasteiger partial charge in [-0.25, -0.2) is 18.6 Å². The van der Waals surface area contributed by atoms with Gasteiger partial charge < -0.3 is 15.0 Å². The van der Waals surface area contributed by atoms with Gasteiger partial charge in [-0.15, -0.1) is 0 Å². The number of anilines is 1. The van der Waals surface area contributed by atoms with E-state index in [9.17, 15) is 18.4 Å². The van der Waals surface area contributed by atoms with Crippen LogP contribution in [0.4, 0.5) is 19.4 Å². The highest BCUT2D eigenvalue weighted by molar-refractivity contribution is 5.90. The molecule has 4 rings (SSSR count). The van der Waals surface area contributed by atoms with E-state index in [1.54, 1.807) is 17.0 Å². The molecule has 30 heavy (non-hydrogen) atoms. The minimum atomic E-state index is -0.661. The molecule has 0 unspecified atom stereocenters. The summed E-state index contributed by atoms with van der Waals surface area (Å²) in [4.78, 5) is 30.4. The van der Waals surface area contributed by atoms with Gasteiger partial charge >= 0.3 is 6.09 Å². The van der Waals surface area contributed by atoms with Crippen LogP contribution in [0.1, 0.15) is 33.1 Å². The van der Waals surface area contributed by atoms with Crippen LogP contribution in [0.25, 0.3) is 11.1 Å². The Morgan fingerprint density at radius 2 is 1.97 bits per heavy atom. The predicted molar refractivity (Wildman–Crippen MR) is 107 cm³/mol. The van der Waals surface area contributed by atoms with Gasteiger partial charge in [0.2, 0.25) is 5.91 Å². The third-order valence-electron chi connectivity index (χ3n) is 5.80. The molecule has 0 radical (unpaired) electrons. The summed E-state index contributed by atoms with van der Waals surface area (Å²) in [6.45, 7) is 4.38. The Hall–Kier alpha value is -3.03. The number of ether oxygens (including phenoxy) is 1. The Kier molecular flexibility index (Phi) is 5.17. The summed E-state index contributed by atoms with van der Waals surface area (Å²) in [5, 5.41) is 2.77. The summed E-state index contributed by atoms with van der Waals surface area (Å²) in [5.74, 6) is -0.960. The largest absolute Gasteiger partial charge is 0.441 e. The molecule has 2 aliphatic heterocycles. The number of carbonyl (C=O) groups excluding carboxylic acids is 2. The van der Waals surface area contributed by atoms with Crippen LogP contribution in [0, 0.1) is 17.6 Å². The lowest BCUT2D eigenvalue weighted by molar-refractivity contribution is -0.117. The Labute approximate surface area is 173 Å². The van der Waals surface area contributed by atoms with Crippen molar-refractivity contribution in [3.05, 3.63) is 48.2 Å². The van der Waals surface area contributed by atoms with E-state index >= 15 is 0 Å². The smallest absolute Gasteiger partial charge is 0.410 e. The SMILES string of the molecule is CC1(C)OC(=O)N2CC[C@H](CC(=O)Nc3ccc(-c4cc(F)cc(F)c4)cn3)C[C@@H]21. The molecule has 2 aromatic rings. The predicted octanol–water partition coefficient (Wildman–Crippen LogP) is 4.36. The second kappa shape index (κ2) is 7.66. The van der Waals surface area contributed by atoms with E-state index in [1.165, 1.54) is 18.3 Å². The minimum absolute atomic E-state index is 0.0272. The molecule has 0 spiro atoms. The number of carbonyl (C=O) groups is 2. The van der Waals surface area contributed by atoms with Crippen molar-refractivity contribution in [1.29, 1.82) is 0 Å². The molecular weight excluding hydrogens is 392 g/mol. The number of halogens is 2. The Morgan fingerprint density at radius 1 is 1.23 bits per heavy atom. The maximum Gasteiger partial charge on any atom is 0.410 e. The fourth-order valence-electron chi connectivity index (χ4n) is 4.27. The average molecular weight is 415 g/mol. The van der Waals surface area contributed by atoms with Gasteiger partial charge in [0.1, 0.15) is 23.1 Å². The number of hydrogen-bond acceptors (Lipinski definition) is 4. The first-order valence-electron chi connectivity index (χ1n) is 9.93. The summed E-state index contributed by atoms with van der Waals surface area (Å²) in [5.41, 5.74) is 0.368. The first-order valence-corrected chi connectivity index (χ1v) is 9.93. The second-order valence-corrected chi connectivity index (χ2v) is 8.41. The zero-order valence-corrected chi connectivity index (χ0v) is 16.8. The lowest BCUT2D eigenvalue weighted by Crippen LogP contribution is -2.47. The number of piperidine rings is 1. The van der Waals surface area contributed by atoms with Gasteiger partial charge in [0.25, 0.3) is 0 Å². The van der Waals surface area contributed by atoms with E-state index in [4.69, 9.17) is 4.74 Å². The van der Waals surface area contributed by atoms with Crippen molar-refractivity contribution in [2.24, 2.45) is 5.92 Å². The van der Waals surface area contributed by atoms with Crippen LogP contribution in [0.15, 0.2) is 36.5 Å². The molecule has 2 saturated heterocycles. The topological polar surface area (TPSA) is 71.5 Å². The molecule has 0 saturated carbocycles. The number of amides is 2. The highest BCUT2D eigenvalue weighted by atomic mass is 19.1. The highest BCUT2D eigenvalue weighted by Gasteiger charge is 2.50. The van der Waals surface area contributed by atoms with Crippen LogP contribution in [0.2, 0.25) is 0 Å². The van der Waals surface area contributed by atoms with Crippen molar-refractivity contribution in [1.82, 2.24) is 9.88 Å². The summed E-state index contributed by atoms with van der Waals surface area (Å²) < 4.78 is 32.2. The molecule has 8 heteroatoms. The minimum Gasteiger partial charge on any atom is -0.441 e. The zero-order valence-electron chi connectivity index (χ0n) is 16.8. The van der Waals surface area contributed by atoms with Crippen molar-refractivity contribution < 1.29 is 23.1 Å². The number of cyclic esters (lactones) is 1. The molecule has 6 nitrogen and oxygen atoms in total. The maximum atomic E-state index is 13.4. The van der Waals surface area contributed by atoms with E-state index in [-0.39, 0.29) is 24.0 Å². The Balaban J connectivity index is 1.36. The number of nitrogens with zero attached hydrogens (tertiary/aromatic N) is 2. The van der Waals surface area contributed by atoms with Gasteiger partial charge in [0, 0.05) is 30.8 Å². The lowest BCUT2D eigenvalue weighted by Gasteiger charge is -2.36. The quantitative estimate of drug-likeness (QED) is 0.805. The molecule has 0 aliphatic carbocycles. The number of hydrogen-bond donors (Lipinski definition) is 1. The summed E-state index contributed by atoms with van der Waals surface area (Å²) >= 11 is 0. The Bertz CT molecular complexity index is 958. The molecule has 158 valence electrons. The van der Waals surface area contributed by atoms with Gasteiger partial charge in [-0.2, -0.15) is 0 Å². The van der Waals surface area contributed by atoms with Crippen molar-refractivity contribution >= 4 is 17.8 Å². The second-order valence-electron chi connectivity index (χ2n) is 8.41. The van der Waals surface area contributed by atoms with E-state index in [1.807, 2.05) is 13.8 Å². The van der Waals surface area contributed by atoms with Crippen molar-refractivity contribution in [2.75, 3.05) is 11.9 Å². The van der Waals surface area contributed by atoms with Gasteiger partial charge in [0.15, 0.2) is 0 Å². The van der Waals surface area contributed by atoms with Crippen LogP contribution < -0.4 is 5.32 Å². The molecule has 1 N–H and O–H groups in total. The standard InChI is InChI=1S/C22H23F2N3O3/c1-22(2)18-7-13(5-6-27(18)21(29)30-22)8-20(28)26-19-4-3-14(12-25-19)15-9-16(23)11-17(24)10-15/h3-4,9-13,18H,5-8H2,1-2H3,(H,25,26,28)/t13-,18+/m0/s1. The van der Waals surface area contributed by atoms with Crippen LogP contribution in [-0.4, -0.2) is 40.1 Å². The third kappa shape index (κ3) is 4.13. The number of aromatic nitrogens is 1. The highest BCUT2D eigenvalue weighted by Crippen LogP contribution is 2.38. The van der Waals surface area contributed by atoms with Gasteiger partial charge in [-0.3, -0.25) is 4.79 Å². The van der Waals surface area contributed by atoms with Gasteiger partial charge in [-0.05, 0) is 62.4 Å². The first kappa shape index (κ1) is 20.3. The number of fused-ring (bicyclic) bond motifs is 1. The maximum absolute atomic E-state index is 13.4. The van der Waals surface area contributed by atoms with Crippen LogP contribution in [-0.2, 0) is 9.53 Å². The third-order valence-corrected chi connectivity index (χ3v) is 5.80. The Morgan fingerprint density at radius 3 is 2.63 bits per heavy atom. The summed E-state index contributed by atoms with van der Waals surface area (Å²) in [6, 6.07) is 6.49. The van der Waals surface area contributed by atoms with E-state index in [2.05, 4.69) is 10.3 Å². The molecule has 2 fully saturated rings. The zero-order chi connectivity index (χ0) is 21.5. The molecule has 0 bridgehead atoms. The fraction of sp³-hybridized carbons (Fsp3) is 0.409. The van der Waals surface area contributed by atoms with Gasteiger partial charge in [0.05, 0.1) is 6.04 Å². The molecule has 2 atom stereocenters. The summed E-state index contributed by atoms with van der Waals surface area (Å²) in [6.07, 6.45) is 2.96. The number of benzene rings is 1. The van der Waals surface area contributed by atoms with E-state index < -0.39 is 17.2 Å². The van der Waals surface area contributed by atoms with Crippen molar-refractivity contribution in [3.63, 3.8) is 0 Å². The van der Waals surface area contributed by atoms with Crippen LogP contribution >= 0.6 is 0 Å². The van der Waals surface area contributed by atoms with E-state index in [0.29, 0.717) is 36.3 Å². The average Bonchev–Trinajstić information content (AvgIpc) is 2.90. The van der Waals surface area contributed by atoms with Gasteiger partial charge in [-0.1, -0.05) is 0 Å². The molecule has 2 amide bonds. The normalized spacial score (nSPS) is 22.4. The molecule has 3 heterocycles. The van der Waals surface area contributed by atoms with Crippen molar-refractivity contribution in [2.45, 2.75) is 44.8 Å². The number of rotatable bonds is 4. The molecule has 1 aromatic heterocycles.